The number of hydrogen-bond donors (Lipinski definition) is 1. The van der Waals surface area contributed by atoms with E-state index < -0.39 is 21.9 Å². The van der Waals surface area contributed by atoms with Crippen LogP contribution in [0.4, 0.5) is 10.1 Å². The minimum Gasteiger partial charge on any atom is -0.469 e. The van der Waals surface area contributed by atoms with Crippen molar-refractivity contribution in [3.63, 3.8) is 0 Å². The molecule has 1 heterocycles. The molecule has 2 rings (SSSR count). The third kappa shape index (κ3) is 5.32. The lowest BCUT2D eigenvalue weighted by Gasteiger charge is -2.30. The molecule has 0 aliphatic heterocycles. The van der Waals surface area contributed by atoms with Crippen LogP contribution in [-0.2, 0) is 21.2 Å². The minimum atomic E-state index is -3.72. The second-order valence-corrected chi connectivity index (χ2v) is 7.79. The van der Waals surface area contributed by atoms with Crippen LogP contribution in [-0.4, -0.2) is 33.2 Å². The first-order valence-electron chi connectivity index (χ1n) is 8.38. The van der Waals surface area contributed by atoms with Crippen molar-refractivity contribution in [2.45, 2.75) is 32.2 Å². The van der Waals surface area contributed by atoms with Gasteiger partial charge in [0.05, 0.1) is 18.2 Å². The van der Waals surface area contributed by atoms with Gasteiger partial charge in [0.1, 0.15) is 17.6 Å². The average molecular weight is 382 g/mol. The van der Waals surface area contributed by atoms with Gasteiger partial charge in [-0.05, 0) is 49.2 Å². The van der Waals surface area contributed by atoms with Crippen molar-refractivity contribution in [3.05, 3.63) is 54.2 Å². The van der Waals surface area contributed by atoms with E-state index in [2.05, 4.69) is 5.32 Å². The zero-order valence-corrected chi connectivity index (χ0v) is 15.6. The third-order valence-electron chi connectivity index (χ3n) is 3.89. The van der Waals surface area contributed by atoms with Gasteiger partial charge in [0.2, 0.25) is 15.9 Å². The largest absolute Gasteiger partial charge is 0.469 e. The molecule has 1 atom stereocenters. The number of amides is 1. The van der Waals surface area contributed by atoms with Crippen molar-refractivity contribution >= 4 is 21.6 Å². The summed E-state index contributed by atoms with van der Waals surface area (Å²) in [6.45, 7) is 2.13. The first-order valence-corrected chi connectivity index (χ1v) is 10.2. The SMILES string of the molecule is CCC(C(=O)NCCCc1ccco1)N(c1ccc(F)cc1)S(C)(=O)=O. The fourth-order valence-electron chi connectivity index (χ4n) is 2.70. The van der Waals surface area contributed by atoms with Gasteiger partial charge in [-0.25, -0.2) is 12.8 Å². The first-order chi connectivity index (χ1) is 12.3. The van der Waals surface area contributed by atoms with Crippen molar-refractivity contribution < 1.29 is 22.0 Å². The molecule has 2 aromatic rings. The van der Waals surface area contributed by atoms with E-state index in [-0.39, 0.29) is 18.0 Å². The van der Waals surface area contributed by atoms with Crippen molar-refractivity contribution in [1.29, 1.82) is 0 Å². The highest BCUT2D eigenvalue weighted by Crippen LogP contribution is 2.22. The molecule has 8 heteroatoms. The van der Waals surface area contributed by atoms with Crippen LogP contribution in [0, 0.1) is 5.82 Å². The number of sulfonamides is 1. The molecule has 0 bridgehead atoms. The zero-order chi connectivity index (χ0) is 19.2. The highest BCUT2D eigenvalue weighted by molar-refractivity contribution is 7.92. The maximum absolute atomic E-state index is 13.2. The van der Waals surface area contributed by atoms with Crippen molar-refractivity contribution in [2.75, 3.05) is 17.1 Å². The van der Waals surface area contributed by atoms with Gasteiger partial charge in [0.25, 0.3) is 0 Å². The van der Waals surface area contributed by atoms with Gasteiger partial charge in [-0.1, -0.05) is 6.92 Å². The van der Waals surface area contributed by atoms with E-state index in [1.165, 1.54) is 24.3 Å². The molecule has 1 unspecified atom stereocenters. The number of carbonyl (C=O) groups is 1. The summed E-state index contributed by atoms with van der Waals surface area (Å²) in [6, 6.07) is 7.79. The van der Waals surface area contributed by atoms with E-state index >= 15 is 0 Å². The summed E-state index contributed by atoms with van der Waals surface area (Å²) in [4.78, 5) is 12.5. The topological polar surface area (TPSA) is 79.6 Å². The van der Waals surface area contributed by atoms with Gasteiger partial charge in [-0.3, -0.25) is 9.10 Å². The van der Waals surface area contributed by atoms with Gasteiger partial charge in [-0.2, -0.15) is 0 Å². The Labute approximate surface area is 153 Å². The number of hydrogen-bond acceptors (Lipinski definition) is 4. The number of furan rings is 1. The molecular weight excluding hydrogens is 359 g/mol. The van der Waals surface area contributed by atoms with E-state index in [0.717, 1.165) is 16.3 Å². The lowest BCUT2D eigenvalue weighted by molar-refractivity contribution is -0.122. The standard InChI is InChI=1S/C18H23FN2O4S/c1-3-17(18(22)20-12-4-6-16-7-5-13-25-16)21(26(2,23)24)15-10-8-14(19)9-11-15/h5,7-11,13,17H,3-4,6,12H2,1-2H3,(H,20,22). The maximum Gasteiger partial charge on any atom is 0.243 e. The summed E-state index contributed by atoms with van der Waals surface area (Å²) in [6.07, 6.45) is 4.26. The molecule has 0 radical (unpaired) electrons. The number of nitrogens with zero attached hydrogens (tertiary/aromatic N) is 1. The molecule has 1 N–H and O–H groups in total. The molecule has 1 aromatic carbocycles. The van der Waals surface area contributed by atoms with Crippen LogP contribution < -0.4 is 9.62 Å². The first kappa shape index (κ1) is 20.0. The van der Waals surface area contributed by atoms with Crippen LogP contribution in [0.1, 0.15) is 25.5 Å². The second kappa shape index (κ2) is 8.84. The van der Waals surface area contributed by atoms with Gasteiger partial charge in [0, 0.05) is 13.0 Å². The predicted octanol–water partition coefficient (Wildman–Crippen LogP) is 2.71. The number of aryl methyl sites for hydroxylation is 1. The molecule has 0 saturated carbocycles. The Bertz CT molecular complexity index is 804. The quantitative estimate of drug-likeness (QED) is 0.676. The molecule has 1 amide bonds. The smallest absolute Gasteiger partial charge is 0.243 e. The highest BCUT2D eigenvalue weighted by Gasteiger charge is 2.31. The number of nitrogens with one attached hydrogen (secondary N) is 1. The molecule has 0 fully saturated rings. The number of rotatable bonds is 9. The van der Waals surface area contributed by atoms with E-state index in [9.17, 15) is 17.6 Å². The third-order valence-corrected chi connectivity index (χ3v) is 5.07. The van der Waals surface area contributed by atoms with E-state index in [0.29, 0.717) is 19.4 Å². The summed E-state index contributed by atoms with van der Waals surface area (Å²) in [5, 5.41) is 2.77. The highest BCUT2D eigenvalue weighted by atomic mass is 32.2. The predicted molar refractivity (Wildman–Crippen MR) is 97.8 cm³/mol. The molecule has 26 heavy (non-hydrogen) atoms. The lowest BCUT2D eigenvalue weighted by atomic mass is 10.1. The van der Waals surface area contributed by atoms with Crippen LogP contribution in [0.15, 0.2) is 47.1 Å². The molecule has 1 aromatic heterocycles. The molecule has 0 saturated heterocycles. The number of anilines is 1. The van der Waals surface area contributed by atoms with Crippen LogP contribution in [0.3, 0.4) is 0 Å². The normalized spacial score (nSPS) is 12.6. The van der Waals surface area contributed by atoms with E-state index in [4.69, 9.17) is 4.42 Å². The lowest BCUT2D eigenvalue weighted by Crippen LogP contribution is -2.49. The number of carbonyl (C=O) groups excluding carboxylic acids is 1. The molecule has 0 aliphatic carbocycles. The average Bonchev–Trinajstić information content (AvgIpc) is 3.10. The fraction of sp³-hybridized carbons (Fsp3) is 0.389. The van der Waals surface area contributed by atoms with Gasteiger partial charge >= 0.3 is 0 Å². The zero-order valence-electron chi connectivity index (χ0n) is 14.8. The maximum atomic E-state index is 13.2. The summed E-state index contributed by atoms with van der Waals surface area (Å²) in [5.74, 6) is -0.0327. The molecular formula is C18H23FN2O4S. The fourth-order valence-corrected chi connectivity index (χ4v) is 3.91. The summed E-state index contributed by atoms with van der Waals surface area (Å²) in [7, 11) is -3.72. The number of halogens is 1. The van der Waals surface area contributed by atoms with Gasteiger partial charge in [-0.15, -0.1) is 0 Å². The molecule has 0 aliphatic rings. The Morgan fingerprint density at radius 1 is 1.27 bits per heavy atom. The Balaban J connectivity index is 2.06. The van der Waals surface area contributed by atoms with Crippen molar-refractivity contribution in [2.24, 2.45) is 0 Å². The van der Waals surface area contributed by atoms with Crippen molar-refractivity contribution in [3.8, 4) is 0 Å². The van der Waals surface area contributed by atoms with Crippen LogP contribution in [0.25, 0.3) is 0 Å². The second-order valence-electron chi connectivity index (χ2n) is 5.93. The van der Waals surface area contributed by atoms with Crippen LogP contribution in [0.5, 0.6) is 0 Å². The number of benzene rings is 1. The van der Waals surface area contributed by atoms with E-state index in [1.54, 1.807) is 19.3 Å². The molecule has 142 valence electrons. The monoisotopic (exact) mass is 382 g/mol. The Hall–Kier alpha value is -2.35. The van der Waals surface area contributed by atoms with E-state index in [1.807, 2.05) is 6.07 Å². The Morgan fingerprint density at radius 2 is 1.96 bits per heavy atom. The Kier molecular flexibility index (Phi) is 6.79. The molecule has 0 spiro atoms. The van der Waals surface area contributed by atoms with Crippen LogP contribution >= 0.6 is 0 Å². The summed E-state index contributed by atoms with van der Waals surface area (Å²) >= 11 is 0. The summed E-state index contributed by atoms with van der Waals surface area (Å²) in [5.41, 5.74) is 0.256. The van der Waals surface area contributed by atoms with Crippen molar-refractivity contribution in [1.82, 2.24) is 5.32 Å². The molecule has 6 nitrogen and oxygen atoms in total. The van der Waals surface area contributed by atoms with Crippen LogP contribution in [0.2, 0.25) is 0 Å². The Morgan fingerprint density at radius 3 is 2.50 bits per heavy atom. The van der Waals surface area contributed by atoms with Gasteiger partial charge < -0.3 is 9.73 Å². The summed E-state index contributed by atoms with van der Waals surface area (Å²) < 4.78 is 43.9. The minimum absolute atomic E-state index is 0.256. The van der Waals surface area contributed by atoms with Gasteiger partial charge in [0.15, 0.2) is 0 Å².